The number of benzene rings is 2. The highest BCUT2D eigenvalue weighted by atomic mass is 32.2. The number of nitrogens with two attached hydrogens (primary N) is 1. The highest BCUT2D eigenvalue weighted by molar-refractivity contribution is 8.00. The van der Waals surface area contributed by atoms with Crippen LogP contribution in [0.2, 0.25) is 0 Å². The van der Waals surface area contributed by atoms with E-state index in [0.717, 1.165) is 22.6 Å². The molecule has 0 aliphatic heterocycles. The standard InChI is InChI=1S/C24H29N5O3S/c1-14(2)18-8-6-7-9-19(18)29-21(16-10-12-17(32-5)13-11-16)27-28-24(29)33-20(15(3)4)22(30)26-23(25)31/h6-15,20H,1-5H3,(H3,25,26,30,31). The summed E-state index contributed by atoms with van der Waals surface area (Å²) in [7, 11) is 1.62. The lowest BCUT2D eigenvalue weighted by atomic mass is 10.0. The van der Waals surface area contributed by atoms with E-state index in [4.69, 9.17) is 10.5 Å². The molecular weight excluding hydrogens is 438 g/mol. The lowest BCUT2D eigenvalue weighted by molar-refractivity contribution is -0.120. The molecule has 1 atom stereocenters. The van der Waals surface area contributed by atoms with Crippen LogP contribution in [0.5, 0.6) is 5.75 Å². The average Bonchev–Trinajstić information content (AvgIpc) is 3.20. The lowest BCUT2D eigenvalue weighted by Crippen LogP contribution is -2.42. The van der Waals surface area contributed by atoms with Crippen molar-refractivity contribution in [1.29, 1.82) is 0 Å². The Morgan fingerprint density at radius 3 is 2.27 bits per heavy atom. The topological polar surface area (TPSA) is 112 Å². The van der Waals surface area contributed by atoms with Crippen LogP contribution in [-0.4, -0.2) is 39.1 Å². The van der Waals surface area contributed by atoms with Crippen LogP contribution in [0.4, 0.5) is 4.79 Å². The Hall–Kier alpha value is -3.33. The molecule has 1 unspecified atom stereocenters. The molecule has 174 valence electrons. The van der Waals surface area contributed by atoms with E-state index in [1.54, 1.807) is 7.11 Å². The Balaban J connectivity index is 2.16. The van der Waals surface area contributed by atoms with Crippen LogP contribution >= 0.6 is 11.8 Å². The van der Waals surface area contributed by atoms with Crippen LogP contribution in [0.15, 0.2) is 53.7 Å². The second kappa shape index (κ2) is 10.5. The Kier molecular flexibility index (Phi) is 7.75. The van der Waals surface area contributed by atoms with Crippen molar-refractivity contribution < 1.29 is 14.3 Å². The van der Waals surface area contributed by atoms with Gasteiger partial charge in [0.15, 0.2) is 11.0 Å². The lowest BCUT2D eigenvalue weighted by Gasteiger charge is -2.21. The molecule has 0 aliphatic rings. The number of thioether (sulfide) groups is 1. The fourth-order valence-corrected chi connectivity index (χ4v) is 4.51. The fraction of sp³-hybridized carbons (Fsp3) is 0.333. The number of ether oxygens (including phenoxy) is 1. The highest BCUT2D eigenvalue weighted by Crippen LogP contribution is 2.35. The number of hydrogen-bond donors (Lipinski definition) is 2. The molecule has 0 aliphatic carbocycles. The van der Waals surface area contributed by atoms with Crippen LogP contribution in [0.1, 0.15) is 39.2 Å². The number of hydrogen-bond acceptors (Lipinski definition) is 6. The third-order valence-electron chi connectivity index (χ3n) is 5.12. The van der Waals surface area contributed by atoms with Gasteiger partial charge in [-0.1, -0.05) is 57.7 Å². The van der Waals surface area contributed by atoms with E-state index in [9.17, 15) is 9.59 Å². The van der Waals surface area contributed by atoms with Crippen molar-refractivity contribution in [1.82, 2.24) is 20.1 Å². The van der Waals surface area contributed by atoms with Gasteiger partial charge >= 0.3 is 6.03 Å². The van der Waals surface area contributed by atoms with Gasteiger partial charge in [0, 0.05) is 5.56 Å². The number of amides is 3. The first-order valence-corrected chi connectivity index (χ1v) is 11.6. The van der Waals surface area contributed by atoms with E-state index in [0.29, 0.717) is 11.0 Å². The first-order valence-electron chi connectivity index (χ1n) is 10.7. The number of carbonyl (C=O) groups excluding carboxylic acids is 2. The summed E-state index contributed by atoms with van der Waals surface area (Å²) in [6.07, 6.45) is 0. The van der Waals surface area contributed by atoms with Gasteiger partial charge in [0.05, 0.1) is 18.0 Å². The third kappa shape index (κ3) is 5.54. The molecule has 33 heavy (non-hydrogen) atoms. The van der Waals surface area contributed by atoms with Gasteiger partial charge < -0.3 is 10.5 Å². The smallest absolute Gasteiger partial charge is 0.318 e. The van der Waals surface area contributed by atoms with E-state index in [-0.39, 0.29) is 11.8 Å². The molecule has 0 fully saturated rings. The van der Waals surface area contributed by atoms with Crippen LogP contribution in [0.3, 0.4) is 0 Å². The van der Waals surface area contributed by atoms with Gasteiger partial charge in [-0.2, -0.15) is 0 Å². The molecule has 1 aromatic heterocycles. The number of aromatic nitrogens is 3. The Morgan fingerprint density at radius 1 is 1.03 bits per heavy atom. The first-order chi connectivity index (χ1) is 15.7. The zero-order valence-corrected chi connectivity index (χ0v) is 20.2. The van der Waals surface area contributed by atoms with Gasteiger partial charge in [-0.05, 0) is 47.7 Å². The minimum absolute atomic E-state index is 0.0794. The summed E-state index contributed by atoms with van der Waals surface area (Å²) in [6, 6.07) is 14.8. The summed E-state index contributed by atoms with van der Waals surface area (Å²) < 4.78 is 7.25. The predicted octanol–water partition coefficient (Wildman–Crippen LogP) is 4.38. The van der Waals surface area contributed by atoms with Crippen molar-refractivity contribution in [3.63, 3.8) is 0 Å². The largest absolute Gasteiger partial charge is 0.497 e. The molecular formula is C24H29N5O3S. The molecule has 0 saturated carbocycles. The summed E-state index contributed by atoms with van der Waals surface area (Å²) >= 11 is 1.26. The van der Waals surface area contributed by atoms with Gasteiger partial charge in [0.1, 0.15) is 5.75 Å². The first kappa shape index (κ1) is 24.3. The maximum atomic E-state index is 12.7. The Bertz CT molecular complexity index is 1130. The molecule has 3 aromatic rings. The van der Waals surface area contributed by atoms with Crippen LogP contribution in [0, 0.1) is 5.92 Å². The maximum Gasteiger partial charge on any atom is 0.318 e. The highest BCUT2D eigenvalue weighted by Gasteiger charge is 2.29. The molecule has 0 spiro atoms. The molecule has 3 rings (SSSR count). The summed E-state index contributed by atoms with van der Waals surface area (Å²) in [5.74, 6) is 1.10. The van der Waals surface area contributed by atoms with E-state index >= 15 is 0 Å². The minimum Gasteiger partial charge on any atom is -0.497 e. The van der Waals surface area contributed by atoms with Crippen molar-refractivity contribution in [2.24, 2.45) is 11.7 Å². The Labute approximate surface area is 197 Å². The monoisotopic (exact) mass is 467 g/mol. The van der Waals surface area contributed by atoms with Gasteiger partial charge in [0.25, 0.3) is 0 Å². The number of methoxy groups -OCH3 is 1. The van der Waals surface area contributed by atoms with E-state index < -0.39 is 17.2 Å². The van der Waals surface area contributed by atoms with Gasteiger partial charge in [0.2, 0.25) is 5.91 Å². The number of nitrogens with zero attached hydrogens (tertiary/aromatic N) is 3. The molecule has 8 nitrogen and oxygen atoms in total. The molecule has 9 heteroatoms. The second-order valence-corrected chi connectivity index (χ2v) is 9.33. The van der Waals surface area contributed by atoms with Crippen molar-refractivity contribution in [2.75, 3.05) is 7.11 Å². The maximum absolute atomic E-state index is 12.7. The summed E-state index contributed by atoms with van der Waals surface area (Å²) in [5, 5.41) is 11.1. The summed E-state index contributed by atoms with van der Waals surface area (Å²) in [5.41, 5.74) is 8.09. The van der Waals surface area contributed by atoms with Crippen molar-refractivity contribution in [3.8, 4) is 22.8 Å². The zero-order chi connectivity index (χ0) is 24.1. The summed E-state index contributed by atoms with van der Waals surface area (Å²) in [6.45, 7) is 8.07. The number of para-hydroxylation sites is 1. The second-order valence-electron chi connectivity index (χ2n) is 8.22. The number of nitrogens with one attached hydrogen (secondary N) is 1. The fourth-order valence-electron chi connectivity index (χ4n) is 3.47. The molecule has 0 saturated heterocycles. The summed E-state index contributed by atoms with van der Waals surface area (Å²) in [4.78, 5) is 23.9. The van der Waals surface area contributed by atoms with E-state index in [2.05, 4.69) is 35.4 Å². The molecule has 3 N–H and O–H groups in total. The number of imide groups is 1. The number of carbonyl (C=O) groups is 2. The molecule has 0 radical (unpaired) electrons. The van der Waals surface area contributed by atoms with Gasteiger partial charge in [-0.15, -0.1) is 10.2 Å². The van der Waals surface area contributed by atoms with E-state index in [1.807, 2.05) is 60.9 Å². The van der Waals surface area contributed by atoms with Crippen LogP contribution in [0.25, 0.3) is 17.1 Å². The number of primary amides is 1. The van der Waals surface area contributed by atoms with Crippen molar-refractivity contribution in [3.05, 3.63) is 54.1 Å². The number of urea groups is 1. The van der Waals surface area contributed by atoms with Crippen molar-refractivity contribution in [2.45, 2.75) is 44.0 Å². The van der Waals surface area contributed by atoms with Gasteiger partial charge in [-0.3, -0.25) is 14.7 Å². The molecule has 1 heterocycles. The normalized spacial score (nSPS) is 12.1. The SMILES string of the molecule is COc1ccc(-c2nnc(SC(C(=O)NC(N)=O)C(C)C)n2-c2ccccc2C(C)C)cc1. The van der Waals surface area contributed by atoms with Crippen LogP contribution in [-0.2, 0) is 4.79 Å². The molecule has 3 amide bonds. The van der Waals surface area contributed by atoms with E-state index in [1.165, 1.54) is 11.8 Å². The van der Waals surface area contributed by atoms with Crippen LogP contribution < -0.4 is 15.8 Å². The minimum atomic E-state index is -0.878. The quantitative estimate of drug-likeness (QED) is 0.476. The predicted molar refractivity (Wildman–Crippen MR) is 130 cm³/mol. The average molecular weight is 468 g/mol. The third-order valence-corrected chi connectivity index (χ3v) is 6.61. The Morgan fingerprint density at radius 2 is 1.70 bits per heavy atom. The molecule has 0 bridgehead atoms. The molecule has 2 aromatic carbocycles. The zero-order valence-electron chi connectivity index (χ0n) is 19.4. The van der Waals surface area contributed by atoms with Crippen molar-refractivity contribution >= 4 is 23.7 Å². The number of rotatable bonds is 8. The van der Waals surface area contributed by atoms with Gasteiger partial charge in [-0.25, -0.2) is 4.79 Å².